The van der Waals surface area contributed by atoms with Crippen molar-refractivity contribution in [1.82, 2.24) is 0 Å². The van der Waals surface area contributed by atoms with Crippen LogP contribution in [-0.2, 0) is 4.74 Å². The average Bonchev–Trinajstić information content (AvgIpc) is 2.77. The smallest absolute Gasteiger partial charge is 0.338 e. The highest BCUT2D eigenvalue weighted by molar-refractivity contribution is 6.32. The molecule has 1 aliphatic carbocycles. The fourth-order valence-corrected chi connectivity index (χ4v) is 4.00. The Morgan fingerprint density at radius 3 is 2.28 bits per heavy atom. The molecule has 6 heteroatoms. The van der Waals surface area contributed by atoms with Gasteiger partial charge >= 0.3 is 5.97 Å². The van der Waals surface area contributed by atoms with Gasteiger partial charge < -0.3 is 14.2 Å². The number of benzene rings is 2. The molecule has 5 nitrogen and oxygen atoms in total. The maximum Gasteiger partial charge on any atom is 0.338 e. The van der Waals surface area contributed by atoms with Crippen LogP contribution in [0.3, 0.4) is 0 Å². The first kappa shape index (κ1) is 21.2. The fraction of sp³-hybridized carbons (Fsp3) is 0.391. The van der Waals surface area contributed by atoms with Crippen molar-refractivity contribution < 1.29 is 23.8 Å². The highest BCUT2D eigenvalue weighted by Gasteiger charge is 2.19. The normalized spacial score (nSPS) is 14.3. The molecule has 1 saturated carbocycles. The molecule has 3 rings (SSSR count). The molecule has 0 unspecified atom stereocenters. The molecule has 0 saturated heterocycles. The third kappa shape index (κ3) is 5.10. The van der Waals surface area contributed by atoms with Gasteiger partial charge in [-0.25, -0.2) is 4.79 Å². The van der Waals surface area contributed by atoms with E-state index in [2.05, 4.69) is 0 Å². The number of carbonyl (C=O) groups is 2. The SMILES string of the molecule is COc1cc(C(=O)OCC(=O)c2ccc(C3CCCCC3)cc2)cc(Cl)c1OC. The zero-order chi connectivity index (χ0) is 20.8. The number of esters is 1. The van der Waals surface area contributed by atoms with E-state index in [0.29, 0.717) is 23.0 Å². The van der Waals surface area contributed by atoms with E-state index in [0.717, 1.165) is 0 Å². The molecule has 0 amide bonds. The van der Waals surface area contributed by atoms with Crippen LogP contribution < -0.4 is 9.47 Å². The predicted molar refractivity (Wildman–Crippen MR) is 111 cm³/mol. The first-order valence-electron chi connectivity index (χ1n) is 9.75. The van der Waals surface area contributed by atoms with Crippen molar-refractivity contribution in [2.45, 2.75) is 38.0 Å². The van der Waals surface area contributed by atoms with Crippen LogP contribution >= 0.6 is 11.6 Å². The number of hydrogen-bond donors (Lipinski definition) is 0. The summed E-state index contributed by atoms with van der Waals surface area (Å²) in [6, 6.07) is 10.5. The van der Waals surface area contributed by atoms with Gasteiger partial charge in [-0.3, -0.25) is 4.79 Å². The summed E-state index contributed by atoms with van der Waals surface area (Å²) in [7, 11) is 2.91. The first-order chi connectivity index (χ1) is 14.0. The van der Waals surface area contributed by atoms with E-state index < -0.39 is 5.97 Å². The maximum absolute atomic E-state index is 12.4. The molecule has 0 heterocycles. The van der Waals surface area contributed by atoms with Crippen LogP contribution in [0.2, 0.25) is 5.02 Å². The van der Waals surface area contributed by atoms with Gasteiger partial charge in [-0.2, -0.15) is 0 Å². The van der Waals surface area contributed by atoms with Crippen molar-refractivity contribution in [3.8, 4) is 11.5 Å². The van der Waals surface area contributed by atoms with Crippen molar-refractivity contribution in [3.63, 3.8) is 0 Å². The summed E-state index contributed by atoms with van der Waals surface area (Å²) in [5.74, 6) is 0.331. The molecule has 0 aliphatic heterocycles. The number of ketones is 1. The van der Waals surface area contributed by atoms with E-state index in [-0.39, 0.29) is 23.0 Å². The lowest BCUT2D eigenvalue weighted by molar-refractivity contribution is 0.0474. The highest BCUT2D eigenvalue weighted by atomic mass is 35.5. The molecule has 0 N–H and O–H groups in total. The molecule has 154 valence electrons. The van der Waals surface area contributed by atoms with Crippen molar-refractivity contribution in [2.75, 3.05) is 20.8 Å². The molecule has 1 fully saturated rings. The van der Waals surface area contributed by atoms with Gasteiger partial charge in [-0.05, 0) is 36.5 Å². The zero-order valence-corrected chi connectivity index (χ0v) is 17.5. The number of hydrogen-bond acceptors (Lipinski definition) is 5. The van der Waals surface area contributed by atoms with Crippen LogP contribution in [0.4, 0.5) is 0 Å². The Hall–Kier alpha value is -2.53. The van der Waals surface area contributed by atoms with Gasteiger partial charge in [0.15, 0.2) is 23.9 Å². The third-order valence-corrected chi connectivity index (χ3v) is 5.59. The molecule has 2 aromatic rings. The topological polar surface area (TPSA) is 61.8 Å². The van der Waals surface area contributed by atoms with E-state index in [9.17, 15) is 9.59 Å². The maximum atomic E-state index is 12.4. The van der Waals surface area contributed by atoms with Gasteiger partial charge in [-0.1, -0.05) is 55.1 Å². The van der Waals surface area contributed by atoms with Gasteiger partial charge in [-0.15, -0.1) is 0 Å². The molecule has 1 aliphatic rings. The van der Waals surface area contributed by atoms with Gasteiger partial charge in [0, 0.05) is 5.56 Å². The van der Waals surface area contributed by atoms with Crippen LogP contribution in [0.25, 0.3) is 0 Å². The molecule has 0 aromatic heterocycles. The number of ether oxygens (including phenoxy) is 3. The number of rotatable bonds is 7. The predicted octanol–water partition coefficient (Wildman–Crippen LogP) is 5.44. The van der Waals surface area contributed by atoms with E-state index in [1.54, 1.807) is 0 Å². The Labute approximate surface area is 175 Å². The second-order valence-electron chi connectivity index (χ2n) is 7.15. The zero-order valence-electron chi connectivity index (χ0n) is 16.7. The summed E-state index contributed by atoms with van der Waals surface area (Å²) in [5, 5.41) is 0.225. The molecule has 0 spiro atoms. The van der Waals surface area contributed by atoms with Crippen molar-refractivity contribution in [1.29, 1.82) is 0 Å². The lowest BCUT2D eigenvalue weighted by Crippen LogP contribution is -2.14. The van der Waals surface area contributed by atoms with E-state index in [1.165, 1.54) is 64.0 Å². The van der Waals surface area contributed by atoms with E-state index in [1.807, 2.05) is 24.3 Å². The summed E-state index contributed by atoms with van der Waals surface area (Å²) in [4.78, 5) is 24.7. The molecular weight excluding hydrogens is 392 g/mol. The van der Waals surface area contributed by atoms with Crippen LogP contribution in [-0.4, -0.2) is 32.6 Å². The van der Waals surface area contributed by atoms with Gasteiger partial charge in [0.1, 0.15) is 0 Å². The summed E-state index contributed by atoms with van der Waals surface area (Å²) in [6.07, 6.45) is 6.25. The third-order valence-electron chi connectivity index (χ3n) is 5.31. The number of methoxy groups -OCH3 is 2. The monoisotopic (exact) mass is 416 g/mol. The summed E-state index contributed by atoms with van der Waals surface area (Å²) in [5.41, 5.74) is 1.99. The van der Waals surface area contributed by atoms with Crippen LogP contribution in [0.15, 0.2) is 36.4 Å². The molecule has 0 bridgehead atoms. The Bertz CT molecular complexity index is 870. The Morgan fingerprint density at radius 1 is 0.966 bits per heavy atom. The first-order valence-corrected chi connectivity index (χ1v) is 10.1. The number of carbonyl (C=O) groups excluding carboxylic acids is 2. The lowest BCUT2D eigenvalue weighted by Gasteiger charge is -2.22. The molecular formula is C23H25ClO5. The van der Waals surface area contributed by atoms with Gasteiger partial charge in [0.2, 0.25) is 0 Å². The van der Waals surface area contributed by atoms with Gasteiger partial charge in [0.05, 0.1) is 24.8 Å². The Morgan fingerprint density at radius 2 is 1.66 bits per heavy atom. The summed E-state index contributed by atoms with van der Waals surface area (Å²) < 4.78 is 15.5. The Balaban J connectivity index is 1.61. The van der Waals surface area contributed by atoms with Crippen LogP contribution in [0.1, 0.15) is 64.3 Å². The minimum absolute atomic E-state index is 0.188. The Kier molecular flexibility index (Phi) is 7.15. The van der Waals surface area contributed by atoms with Gasteiger partial charge in [0.25, 0.3) is 0 Å². The largest absolute Gasteiger partial charge is 0.493 e. The number of halogens is 1. The second-order valence-corrected chi connectivity index (χ2v) is 7.56. The minimum atomic E-state index is -0.653. The van der Waals surface area contributed by atoms with Crippen LogP contribution in [0, 0.1) is 0 Å². The second kappa shape index (κ2) is 9.79. The number of Topliss-reactive ketones (excluding diaryl/α,β-unsaturated/α-hetero) is 1. The lowest BCUT2D eigenvalue weighted by atomic mass is 9.84. The highest BCUT2D eigenvalue weighted by Crippen LogP contribution is 2.36. The molecule has 0 radical (unpaired) electrons. The molecule has 0 atom stereocenters. The quantitative estimate of drug-likeness (QED) is 0.444. The summed E-state index contributed by atoms with van der Waals surface area (Å²) in [6.45, 7) is -0.340. The standard InChI is InChI=1S/C23H25ClO5/c1-27-21-13-18(12-19(24)22(21)28-2)23(26)29-14-20(25)17-10-8-16(9-11-17)15-6-4-3-5-7-15/h8-13,15H,3-7,14H2,1-2H3. The average molecular weight is 417 g/mol. The molecule has 2 aromatic carbocycles. The van der Waals surface area contributed by atoms with E-state index >= 15 is 0 Å². The van der Waals surface area contributed by atoms with E-state index in [4.69, 9.17) is 25.8 Å². The minimum Gasteiger partial charge on any atom is -0.493 e. The van der Waals surface area contributed by atoms with Crippen molar-refractivity contribution in [2.24, 2.45) is 0 Å². The van der Waals surface area contributed by atoms with Crippen molar-refractivity contribution >= 4 is 23.4 Å². The summed E-state index contributed by atoms with van der Waals surface area (Å²) >= 11 is 6.12. The molecule has 29 heavy (non-hydrogen) atoms. The van der Waals surface area contributed by atoms with Crippen LogP contribution in [0.5, 0.6) is 11.5 Å². The fourth-order valence-electron chi connectivity index (χ4n) is 3.71. The van der Waals surface area contributed by atoms with Crippen molar-refractivity contribution in [3.05, 3.63) is 58.1 Å².